The number of hydrogen-bond donors (Lipinski definition) is 1. The summed E-state index contributed by atoms with van der Waals surface area (Å²) in [5.74, 6) is 0.470. The molecule has 1 heterocycles. The summed E-state index contributed by atoms with van der Waals surface area (Å²) in [7, 11) is 0. The van der Waals surface area contributed by atoms with Crippen molar-refractivity contribution in [3.8, 4) is 0 Å². The first-order valence-corrected chi connectivity index (χ1v) is 21.4. The van der Waals surface area contributed by atoms with E-state index in [1.54, 1.807) is 0 Å². The molecule has 0 amide bonds. The minimum absolute atomic E-state index is 0.0414. The van der Waals surface area contributed by atoms with Gasteiger partial charge >= 0.3 is 5.97 Å². The molecule has 0 aromatic carbocycles. The van der Waals surface area contributed by atoms with Gasteiger partial charge in [-0.05, 0) is 51.5 Å². The highest BCUT2D eigenvalue weighted by Crippen LogP contribution is 2.24. The Balaban J connectivity index is 2.28. The van der Waals surface area contributed by atoms with E-state index in [1.165, 1.54) is 135 Å². The van der Waals surface area contributed by atoms with E-state index in [9.17, 15) is 9.90 Å². The lowest BCUT2D eigenvalue weighted by molar-refractivity contribution is -0.145. The van der Waals surface area contributed by atoms with Gasteiger partial charge in [0.25, 0.3) is 0 Å². The lowest BCUT2D eigenvalue weighted by Gasteiger charge is -2.27. The maximum Gasteiger partial charge on any atom is 0.305 e. The number of hydrogen-bond acceptors (Lipinski definition) is 7. The Morgan fingerprint density at radius 1 is 0.673 bits per heavy atom. The number of nitrogens with zero attached hydrogens (tertiary/aromatic N) is 1. The molecule has 1 aliphatic heterocycles. The molecule has 292 valence electrons. The minimum atomic E-state index is -0.144. The molecule has 7 heteroatoms. The quantitative estimate of drug-likeness (QED) is 0.0389. The van der Waals surface area contributed by atoms with Crippen LogP contribution in [-0.2, 0) is 23.7 Å². The summed E-state index contributed by atoms with van der Waals surface area (Å²) in [5, 5.41) is 9.74. The fourth-order valence-corrected chi connectivity index (χ4v) is 6.71. The topological polar surface area (TPSA) is 80.8 Å². The molecule has 7 nitrogen and oxygen atoms in total. The van der Waals surface area contributed by atoms with Crippen LogP contribution < -0.4 is 0 Å². The van der Waals surface area contributed by atoms with Crippen molar-refractivity contribution in [2.45, 2.75) is 213 Å². The van der Waals surface area contributed by atoms with E-state index >= 15 is 0 Å². The molecular formula is C42H83NO6. The van der Waals surface area contributed by atoms with Gasteiger partial charge in [0.1, 0.15) is 6.10 Å². The van der Waals surface area contributed by atoms with Crippen LogP contribution in [0.2, 0.25) is 0 Å². The first-order valence-electron chi connectivity index (χ1n) is 21.4. The van der Waals surface area contributed by atoms with Crippen LogP contribution in [0.1, 0.15) is 195 Å². The SMILES string of the molecule is CCCCCCCCCCCCOCC(CN(CCO)CCCCCC(=O)OCC(CCCCCC)CCCCCCCC)OC1OC1C. The Labute approximate surface area is 304 Å². The summed E-state index contributed by atoms with van der Waals surface area (Å²) in [6.45, 7) is 13.1. The van der Waals surface area contributed by atoms with Crippen molar-refractivity contribution < 1.29 is 28.8 Å². The normalized spacial score (nSPS) is 17.1. The predicted octanol–water partition coefficient (Wildman–Crippen LogP) is 10.8. The minimum Gasteiger partial charge on any atom is -0.465 e. The molecule has 49 heavy (non-hydrogen) atoms. The highest BCUT2D eigenvalue weighted by molar-refractivity contribution is 5.69. The molecule has 1 fully saturated rings. The molecule has 1 saturated heterocycles. The highest BCUT2D eigenvalue weighted by Gasteiger charge is 2.38. The predicted molar refractivity (Wildman–Crippen MR) is 205 cm³/mol. The van der Waals surface area contributed by atoms with Crippen LogP contribution in [0.25, 0.3) is 0 Å². The third-order valence-electron chi connectivity index (χ3n) is 10.1. The first-order chi connectivity index (χ1) is 24.0. The maximum atomic E-state index is 12.6. The Morgan fingerprint density at radius 3 is 1.73 bits per heavy atom. The standard InChI is InChI=1S/C42H83NO6/c1-5-8-11-14-16-17-18-19-21-27-34-46-37-40(49-42-38(4)48-42)35-43(32-33-44)31-26-22-25-30-41(45)47-36-39(28-23-13-10-7-3)29-24-20-15-12-9-6-2/h38-40,42,44H,5-37H2,1-4H3. The highest BCUT2D eigenvalue weighted by atomic mass is 16.8. The van der Waals surface area contributed by atoms with Crippen LogP contribution in [0.15, 0.2) is 0 Å². The summed E-state index contributed by atoms with van der Waals surface area (Å²) in [6, 6.07) is 0. The van der Waals surface area contributed by atoms with Crippen molar-refractivity contribution in [1.29, 1.82) is 0 Å². The number of rotatable bonds is 39. The van der Waals surface area contributed by atoms with Crippen LogP contribution in [-0.4, -0.2) is 80.5 Å². The number of aliphatic hydroxyl groups excluding tert-OH is 1. The summed E-state index contributed by atoms with van der Waals surface area (Å²) >= 11 is 0. The number of carbonyl (C=O) groups excluding carboxylic acids is 1. The van der Waals surface area contributed by atoms with Crippen molar-refractivity contribution in [3.05, 3.63) is 0 Å². The maximum absolute atomic E-state index is 12.6. The second kappa shape index (κ2) is 34.4. The number of aliphatic hydroxyl groups is 1. The summed E-state index contributed by atoms with van der Waals surface area (Å²) in [4.78, 5) is 14.9. The second-order valence-corrected chi connectivity index (χ2v) is 15.0. The molecule has 0 aromatic heterocycles. The van der Waals surface area contributed by atoms with Crippen LogP contribution in [0.3, 0.4) is 0 Å². The molecule has 1 rings (SSSR count). The number of ether oxygens (including phenoxy) is 4. The second-order valence-electron chi connectivity index (χ2n) is 15.0. The van der Waals surface area contributed by atoms with Crippen molar-refractivity contribution in [3.63, 3.8) is 0 Å². The van der Waals surface area contributed by atoms with E-state index in [1.807, 2.05) is 6.92 Å². The van der Waals surface area contributed by atoms with Gasteiger partial charge in [-0.25, -0.2) is 0 Å². The summed E-state index contributed by atoms with van der Waals surface area (Å²) < 4.78 is 23.6. The number of unbranched alkanes of at least 4 members (excludes halogenated alkanes) is 19. The van der Waals surface area contributed by atoms with Gasteiger partial charge < -0.3 is 24.1 Å². The number of esters is 1. The molecule has 0 bridgehead atoms. The third-order valence-corrected chi connectivity index (χ3v) is 10.1. The average Bonchev–Trinajstić information content (AvgIpc) is 3.80. The van der Waals surface area contributed by atoms with Crippen LogP contribution in [0.5, 0.6) is 0 Å². The lowest BCUT2D eigenvalue weighted by atomic mass is 9.95. The van der Waals surface area contributed by atoms with E-state index in [0.717, 1.165) is 38.8 Å². The van der Waals surface area contributed by atoms with Gasteiger partial charge in [0.15, 0.2) is 6.29 Å². The van der Waals surface area contributed by atoms with Gasteiger partial charge in [-0.1, -0.05) is 149 Å². The van der Waals surface area contributed by atoms with Gasteiger partial charge in [-0.3, -0.25) is 9.69 Å². The van der Waals surface area contributed by atoms with E-state index in [0.29, 0.717) is 38.6 Å². The lowest BCUT2D eigenvalue weighted by Crippen LogP contribution is -2.39. The molecule has 4 atom stereocenters. The molecular weight excluding hydrogens is 614 g/mol. The van der Waals surface area contributed by atoms with Gasteiger partial charge in [0.05, 0.1) is 25.9 Å². The van der Waals surface area contributed by atoms with E-state index in [2.05, 4.69) is 25.7 Å². The van der Waals surface area contributed by atoms with Crippen molar-refractivity contribution in [1.82, 2.24) is 4.90 Å². The van der Waals surface area contributed by atoms with E-state index in [4.69, 9.17) is 18.9 Å². The van der Waals surface area contributed by atoms with Gasteiger partial charge in [-0.15, -0.1) is 0 Å². The average molecular weight is 698 g/mol. The largest absolute Gasteiger partial charge is 0.465 e. The third kappa shape index (κ3) is 29.5. The van der Waals surface area contributed by atoms with E-state index < -0.39 is 0 Å². The smallest absolute Gasteiger partial charge is 0.305 e. The van der Waals surface area contributed by atoms with Gasteiger partial charge in [-0.2, -0.15) is 0 Å². The van der Waals surface area contributed by atoms with E-state index in [-0.39, 0.29) is 31.1 Å². The molecule has 1 N–H and O–H groups in total. The van der Waals surface area contributed by atoms with Crippen LogP contribution >= 0.6 is 0 Å². The molecule has 0 radical (unpaired) electrons. The Morgan fingerprint density at radius 2 is 1.18 bits per heavy atom. The zero-order valence-electron chi connectivity index (χ0n) is 33.1. The molecule has 0 aromatic rings. The van der Waals surface area contributed by atoms with Crippen molar-refractivity contribution in [2.24, 2.45) is 5.92 Å². The monoisotopic (exact) mass is 698 g/mol. The van der Waals surface area contributed by atoms with Crippen molar-refractivity contribution >= 4 is 5.97 Å². The molecule has 1 aliphatic rings. The molecule has 0 saturated carbocycles. The van der Waals surface area contributed by atoms with Gasteiger partial charge in [0, 0.05) is 26.1 Å². The Kier molecular flexibility index (Phi) is 32.5. The van der Waals surface area contributed by atoms with Crippen LogP contribution in [0.4, 0.5) is 0 Å². The fourth-order valence-electron chi connectivity index (χ4n) is 6.71. The number of carbonyl (C=O) groups is 1. The number of epoxide rings is 1. The molecule has 4 unspecified atom stereocenters. The van der Waals surface area contributed by atoms with Crippen LogP contribution in [0, 0.1) is 5.92 Å². The van der Waals surface area contributed by atoms with Crippen molar-refractivity contribution in [2.75, 3.05) is 46.1 Å². The summed E-state index contributed by atoms with van der Waals surface area (Å²) in [6.07, 6.45) is 31.7. The molecule has 0 spiro atoms. The first kappa shape index (κ1) is 46.3. The zero-order chi connectivity index (χ0) is 35.6. The zero-order valence-corrected chi connectivity index (χ0v) is 33.1. The Bertz CT molecular complexity index is 709. The summed E-state index contributed by atoms with van der Waals surface area (Å²) in [5.41, 5.74) is 0. The molecule has 0 aliphatic carbocycles. The fraction of sp³-hybridized carbons (Fsp3) is 0.976. The Hall–Kier alpha value is -0.730. The van der Waals surface area contributed by atoms with Gasteiger partial charge in [0.2, 0.25) is 0 Å².